The average molecular weight is 312 g/mol. The molecular weight excluding hydrogens is 280 g/mol. The molecule has 0 rings (SSSR count). The molecule has 4 nitrogen and oxygen atoms in total. The summed E-state index contributed by atoms with van der Waals surface area (Å²) in [4.78, 5) is 20.6. The van der Waals surface area contributed by atoms with Gasteiger partial charge in [-0.25, -0.2) is 0 Å². The number of aliphatic carboxylic acids is 2. The predicted molar refractivity (Wildman–Crippen MR) is 89.0 cm³/mol. The fraction of sp³-hybridized carbons (Fsp3) is 0.778. The van der Waals surface area contributed by atoms with Gasteiger partial charge in [-0.05, 0) is 25.7 Å². The maximum Gasteiger partial charge on any atom is 0.303 e. The highest BCUT2D eigenvalue weighted by molar-refractivity contribution is 5.66. The van der Waals surface area contributed by atoms with Crippen LogP contribution in [-0.2, 0) is 9.59 Å². The highest BCUT2D eigenvalue weighted by Crippen LogP contribution is 2.12. The second-order valence-corrected chi connectivity index (χ2v) is 5.87. The summed E-state index contributed by atoms with van der Waals surface area (Å²) < 4.78 is 0. The van der Waals surface area contributed by atoms with Crippen LogP contribution in [0.15, 0.2) is 12.2 Å². The number of hydrogen-bond donors (Lipinski definition) is 2. The van der Waals surface area contributed by atoms with E-state index >= 15 is 0 Å². The fourth-order valence-corrected chi connectivity index (χ4v) is 2.40. The number of carboxylic acid groups (broad SMARTS) is 2. The van der Waals surface area contributed by atoms with E-state index < -0.39 is 11.9 Å². The SMILES string of the molecule is O=C(O)CC/C=C\CCCCCCCCCCCCC(=O)O. The van der Waals surface area contributed by atoms with Crippen molar-refractivity contribution in [2.45, 2.75) is 89.9 Å². The van der Waals surface area contributed by atoms with E-state index in [2.05, 4.69) is 6.08 Å². The Balaban J connectivity index is 3.08. The minimum atomic E-state index is -0.730. The largest absolute Gasteiger partial charge is 0.481 e. The van der Waals surface area contributed by atoms with E-state index in [0.29, 0.717) is 12.8 Å². The van der Waals surface area contributed by atoms with Crippen LogP contribution in [0.1, 0.15) is 89.9 Å². The maximum absolute atomic E-state index is 10.3. The molecule has 128 valence electrons. The van der Waals surface area contributed by atoms with E-state index in [0.717, 1.165) is 25.7 Å². The lowest BCUT2D eigenvalue weighted by atomic mass is 10.1. The molecular formula is C18H32O4. The van der Waals surface area contributed by atoms with Crippen LogP contribution in [0.25, 0.3) is 0 Å². The van der Waals surface area contributed by atoms with Gasteiger partial charge in [0.1, 0.15) is 0 Å². The second-order valence-electron chi connectivity index (χ2n) is 5.87. The first-order valence-corrected chi connectivity index (χ1v) is 8.71. The molecule has 0 heterocycles. The van der Waals surface area contributed by atoms with Crippen LogP contribution in [0, 0.1) is 0 Å². The van der Waals surface area contributed by atoms with Gasteiger partial charge in [-0.2, -0.15) is 0 Å². The maximum atomic E-state index is 10.3. The van der Waals surface area contributed by atoms with Crippen LogP contribution in [0.5, 0.6) is 0 Å². The smallest absolute Gasteiger partial charge is 0.303 e. The molecule has 0 amide bonds. The van der Waals surface area contributed by atoms with Gasteiger partial charge in [-0.1, -0.05) is 63.5 Å². The number of rotatable bonds is 16. The van der Waals surface area contributed by atoms with Crippen LogP contribution in [0.2, 0.25) is 0 Å². The first-order valence-electron chi connectivity index (χ1n) is 8.71. The van der Waals surface area contributed by atoms with Crippen LogP contribution in [-0.4, -0.2) is 22.2 Å². The third kappa shape index (κ3) is 18.7. The summed E-state index contributed by atoms with van der Waals surface area (Å²) in [7, 11) is 0. The number of hydrogen-bond acceptors (Lipinski definition) is 2. The van der Waals surface area contributed by atoms with Gasteiger partial charge >= 0.3 is 11.9 Å². The summed E-state index contributed by atoms with van der Waals surface area (Å²) in [5.74, 6) is -1.41. The van der Waals surface area contributed by atoms with Crippen LogP contribution in [0.3, 0.4) is 0 Å². The summed E-state index contributed by atoms with van der Waals surface area (Å²) in [6.07, 6.45) is 18.1. The van der Waals surface area contributed by atoms with Crippen LogP contribution >= 0.6 is 0 Å². The van der Waals surface area contributed by atoms with E-state index in [9.17, 15) is 9.59 Å². The second kappa shape index (κ2) is 16.1. The molecule has 0 saturated carbocycles. The lowest BCUT2D eigenvalue weighted by molar-refractivity contribution is -0.138. The van der Waals surface area contributed by atoms with Crippen LogP contribution in [0.4, 0.5) is 0 Å². The molecule has 0 fully saturated rings. The standard InChI is InChI=1S/C18H32O4/c19-17(20)15-13-11-9-7-5-3-1-2-4-6-8-10-12-14-16-18(21)22/h9,11H,1-8,10,12-16H2,(H,19,20)(H,21,22)/b11-9-. The molecule has 0 bridgehead atoms. The molecule has 0 spiro atoms. The third-order valence-electron chi connectivity index (χ3n) is 3.70. The number of carbonyl (C=O) groups is 2. The average Bonchev–Trinajstić information content (AvgIpc) is 2.46. The lowest BCUT2D eigenvalue weighted by Crippen LogP contribution is -1.93. The van der Waals surface area contributed by atoms with E-state index in [1.165, 1.54) is 44.9 Å². The molecule has 0 aromatic rings. The highest BCUT2D eigenvalue weighted by Gasteiger charge is 1.96. The summed E-state index contributed by atoms with van der Waals surface area (Å²) in [6.45, 7) is 0. The van der Waals surface area contributed by atoms with E-state index in [1.807, 2.05) is 6.08 Å². The van der Waals surface area contributed by atoms with Crippen molar-refractivity contribution in [2.75, 3.05) is 0 Å². The van der Waals surface area contributed by atoms with Crippen molar-refractivity contribution in [3.05, 3.63) is 12.2 Å². The Morgan fingerprint density at radius 3 is 1.45 bits per heavy atom. The van der Waals surface area contributed by atoms with Crippen molar-refractivity contribution in [3.8, 4) is 0 Å². The molecule has 0 radical (unpaired) electrons. The normalized spacial score (nSPS) is 11.1. The van der Waals surface area contributed by atoms with Crippen molar-refractivity contribution >= 4 is 11.9 Å². The molecule has 0 aliphatic heterocycles. The van der Waals surface area contributed by atoms with Gasteiger partial charge in [-0.15, -0.1) is 0 Å². The summed E-state index contributed by atoms with van der Waals surface area (Å²) in [5, 5.41) is 17.0. The van der Waals surface area contributed by atoms with Gasteiger partial charge < -0.3 is 10.2 Å². The van der Waals surface area contributed by atoms with Crippen molar-refractivity contribution in [3.63, 3.8) is 0 Å². The van der Waals surface area contributed by atoms with Crippen molar-refractivity contribution in [1.82, 2.24) is 0 Å². The molecule has 0 atom stereocenters. The summed E-state index contributed by atoms with van der Waals surface area (Å²) >= 11 is 0. The number of unbranched alkanes of at least 4 members (excludes halogenated alkanes) is 10. The summed E-state index contributed by atoms with van der Waals surface area (Å²) in [6, 6.07) is 0. The van der Waals surface area contributed by atoms with Crippen molar-refractivity contribution in [1.29, 1.82) is 0 Å². The van der Waals surface area contributed by atoms with Crippen molar-refractivity contribution in [2.24, 2.45) is 0 Å². The van der Waals surface area contributed by atoms with Crippen molar-refractivity contribution < 1.29 is 19.8 Å². The van der Waals surface area contributed by atoms with Gasteiger partial charge in [0.2, 0.25) is 0 Å². The molecule has 0 aliphatic rings. The Labute approximate surface area is 134 Å². The van der Waals surface area contributed by atoms with Gasteiger partial charge in [0.05, 0.1) is 0 Å². The van der Waals surface area contributed by atoms with E-state index in [1.54, 1.807) is 0 Å². The predicted octanol–water partition coefficient (Wildman–Crippen LogP) is 5.17. The molecule has 2 N–H and O–H groups in total. The van der Waals surface area contributed by atoms with E-state index in [-0.39, 0.29) is 6.42 Å². The Hall–Kier alpha value is -1.32. The minimum absolute atomic E-state index is 0.229. The number of carboxylic acids is 2. The van der Waals surface area contributed by atoms with Gasteiger partial charge in [-0.3, -0.25) is 9.59 Å². The zero-order chi connectivity index (χ0) is 16.5. The lowest BCUT2D eigenvalue weighted by Gasteiger charge is -2.01. The monoisotopic (exact) mass is 312 g/mol. The van der Waals surface area contributed by atoms with Gasteiger partial charge in [0.15, 0.2) is 0 Å². The first kappa shape index (κ1) is 20.7. The topological polar surface area (TPSA) is 74.6 Å². The molecule has 0 aromatic carbocycles. The van der Waals surface area contributed by atoms with Crippen LogP contribution < -0.4 is 0 Å². The molecule has 0 aromatic heterocycles. The molecule has 0 aliphatic carbocycles. The third-order valence-corrected chi connectivity index (χ3v) is 3.70. The molecule has 0 saturated heterocycles. The van der Waals surface area contributed by atoms with Gasteiger partial charge in [0, 0.05) is 12.8 Å². The zero-order valence-electron chi connectivity index (χ0n) is 13.8. The first-order chi connectivity index (χ1) is 10.6. The quantitative estimate of drug-likeness (QED) is 0.304. The molecule has 4 heteroatoms. The summed E-state index contributed by atoms with van der Waals surface area (Å²) in [5.41, 5.74) is 0. The molecule has 22 heavy (non-hydrogen) atoms. The fourth-order valence-electron chi connectivity index (χ4n) is 2.40. The Morgan fingerprint density at radius 1 is 0.545 bits per heavy atom. The highest BCUT2D eigenvalue weighted by atomic mass is 16.4. The Bertz CT molecular complexity index is 310. The van der Waals surface area contributed by atoms with Gasteiger partial charge in [0.25, 0.3) is 0 Å². The zero-order valence-corrected chi connectivity index (χ0v) is 13.8. The minimum Gasteiger partial charge on any atom is -0.481 e. The van der Waals surface area contributed by atoms with E-state index in [4.69, 9.17) is 10.2 Å². The Morgan fingerprint density at radius 2 is 0.955 bits per heavy atom. The Kier molecular flexibility index (Phi) is 15.1. The molecule has 0 unspecified atom stereocenters. The number of allylic oxidation sites excluding steroid dienone is 2.